The number of piperazine rings is 1. The first kappa shape index (κ1) is 21.2. The second-order valence-corrected chi connectivity index (χ2v) is 8.94. The molecule has 0 bridgehead atoms. The highest BCUT2D eigenvalue weighted by Gasteiger charge is 2.32. The van der Waals surface area contributed by atoms with Gasteiger partial charge in [0.05, 0.1) is 6.54 Å². The normalized spacial score (nSPS) is 20.9. The fourth-order valence-corrected chi connectivity index (χ4v) is 3.95. The smallest absolute Gasteiger partial charge is 0.237 e. The second-order valence-electron chi connectivity index (χ2n) is 8.94. The van der Waals surface area contributed by atoms with Gasteiger partial charge in [0, 0.05) is 40.4 Å². The molecule has 2 aliphatic heterocycles. The number of carbonyl (C=O) groups is 1. The van der Waals surface area contributed by atoms with Crippen LogP contribution < -0.4 is 5.32 Å². The third-order valence-corrected chi connectivity index (χ3v) is 5.68. The quantitative estimate of drug-likeness (QED) is 0.459. The molecular weight excluding hydrogens is 353 g/mol. The molecule has 1 aromatic heterocycles. The van der Waals surface area contributed by atoms with E-state index in [1.807, 2.05) is 4.90 Å². The van der Waals surface area contributed by atoms with Gasteiger partial charge in [0.2, 0.25) is 12.2 Å². The molecule has 0 spiro atoms. The first-order chi connectivity index (χ1) is 13.2. The molecule has 150 valence electrons. The Labute approximate surface area is 170 Å². The minimum absolute atomic E-state index is 0.000704. The van der Waals surface area contributed by atoms with Crippen LogP contribution in [0.4, 0.5) is 5.82 Å². The summed E-state index contributed by atoms with van der Waals surface area (Å²) in [5.74, 6) is 1.62. The number of nitrogens with one attached hydrogen (secondary N) is 1. The minimum Gasteiger partial charge on any atom is -0.370 e. The fourth-order valence-electron chi connectivity index (χ4n) is 3.95. The van der Waals surface area contributed by atoms with Gasteiger partial charge in [-0.1, -0.05) is 12.2 Å². The summed E-state index contributed by atoms with van der Waals surface area (Å²) in [5.41, 5.74) is 2.95. The van der Waals surface area contributed by atoms with Crippen molar-refractivity contribution >= 4 is 35.3 Å². The number of amides is 1. The molecule has 0 radical (unpaired) electrons. The summed E-state index contributed by atoms with van der Waals surface area (Å²) in [6.07, 6.45) is 0.436. The molecule has 1 saturated heterocycles. The predicted octanol–water partition coefficient (Wildman–Crippen LogP) is -1.87. The second kappa shape index (κ2) is 8.47. The predicted molar refractivity (Wildman–Crippen MR) is 118 cm³/mol. The zero-order valence-electron chi connectivity index (χ0n) is 18.0. The summed E-state index contributed by atoms with van der Waals surface area (Å²) in [7, 11) is 9.68. The van der Waals surface area contributed by atoms with Crippen molar-refractivity contribution in [2.75, 3.05) is 45.7 Å². The van der Waals surface area contributed by atoms with E-state index in [0.29, 0.717) is 25.6 Å². The van der Waals surface area contributed by atoms with Crippen LogP contribution in [0.2, 0.25) is 0 Å². The summed E-state index contributed by atoms with van der Waals surface area (Å²) in [5, 5.41) is 3.41. The third-order valence-electron chi connectivity index (χ3n) is 5.68. The Morgan fingerprint density at radius 3 is 2.64 bits per heavy atom. The first-order valence-electron chi connectivity index (χ1n) is 10.1. The molecule has 7 nitrogen and oxygen atoms in total. The molecule has 3 rings (SSSR count). The highest BCUT2D eigenvalue weighted by atomic mass is 16.7. The van der Waals surface area contributed by atoms with Gasteiger partial charge >= 0.3 is 0 Å². The van der Waals surface area contributed by atoms with Crippen molar-refractivity contribution < 1.29 is 14.3 Å². The van der Waals surface area contributed by atoms with Crippen molar-refractivity contribution in [2.45, 2.75) is 31.4 Å². The molecule has 2 aliphatic rings. The number of hydrogen-bond donors (Lipinski definition) is 1. The number of nitrogens with zero attached hydrogens (tertiary/aromatic N) is 3. The van der Waals surface area contributed by atoms with E-state index in [4.69, 9.17) is 14.5 Å². The maximum atomic E-state index is 12.8. The number of fused-ring (bicyclic) bond motifs is 1. The highest BCUT2D eigenvalue weighted by Crippen LogP contribution is 2.30. The van der Waals surface area contributed by atoms with Crippen LogP contribution in [0, 0.1) is 5.92 Å². The number of anilines is 1. The van der Waals surface area contributed by atoms with Crippen LogP contribution in [0.15, 0.2) is 6.07 Å². The van der Waals surface area contributed by atoms with Crippen molar-refractivity contribution in [1.82, 2.24) is 14.8 Å². The van der Waals surface area contributed by atoms with E-state index in [1.54, 1.807) is 14.2 Å². The van der Waals surface area contributed by atoms with Crippen LogP contribution >= 0.6 is 0 Å². The Kier molecular flexibility index (Phi) is 6.42. The van der Waals surface area contributed by atoms with Gasteiger partial charge in [-0.25, -0.2) is 4.98 Å². The molecule has 1 fully saturated rings. The highest BCUT2D eigenvalue weighted by molar-refractivity contribution is 6.59. The van der Waals surface area contributed by atoms with Gasteiger partial charge in [0.1, 0.15) is 35.1 Å². The van der Waals surface area contributed by atoms with Gasteiger partial charge in [-0.2, -0.15) is 0 Å². The summed E-state index contributed by atoms with van der Waals surface area (Å²) in [4.78, 5) is 21.8. The zero-order valence-corrected chi connectivity index (χ0v) is 18.0. The molecule has 28 heavy (non-hydrogen) atoms. The van der Waals surface area contributed by atoms with Crippen LogP contribution in [0.5, 0.6) is 0 Å². The van der Waals surface area contributed by atoms with Crippen molar-refractivity contribution in [3.63, 3.8) is 0 Å². The zero-order chi connectivity index (χ0) is 20.5. The van der Waals surface area contributed by atoms with E-state index < -0.39 is 6.29 Å². The summed E-state index contributed by atoms with van der Waals surface area (Å²) >= 11 is 0. The minimum atomic E-state index is -0.549. The van der Waals surface area contributed by atoms with Gasteiger partial charge in [-0.15, -0.1) is 0 Å². The molecule has 0 aromatic carbocycles. The molecule has 1 atom stereocenters. The van der Waals surface area contributed by atoms with Crippen LogP contribution in [0.1, 0.15) is 30.0 Å². The van der Waals surface area contributed by atoms with Crippen LogP contribution in [0.3, 0.4) is 0 Å². The van der Waals surface area contributed by atoms with E-state index in [-0.39, 0.29) is 11.1 Å². The van der Waals surface area contributed by atoms with Gasteiger partial charge in [-0.05, 0) is 29.5 Å². The average Bonchev–Trinajstić information content (AvgIpc) is 2.63. The Hall–Kier alpha value is -1.51. The van der Waals surface area contributed by atoms with Crippen molar-refractivity contribution in [1.29, 1.82) is 0 Å². The molecule has 10 heteroatoms. The lowest BCUT2D eigenvalue weighted by Crippen LogP contribution is -2.60. The van der Waals surface area contributed by atoms with Crippen LogP contribution in [0.25, 0.3) is 0 Å². The standard InChI is InChI=1S/C18H31B3N4O3/c1-11-6-12-7-13(15(17(27-2)28-3)23-16(12)22-8-11)9-24-4-5-25(10-14(24)26)18(19,20)21/h7,11,17H,4-6,8-10,19-21H2,1-3H3,(H,22,23). The van der Waals surface area contributed by atoms with E-state index >= 15 is 0 Å². The molecule has 1 amide bonds. The molecule has 1 N–H and O–H groups in total. The van der Waals surface area contributed by atoms with E-state index in [9.17, 15) is 4.79 Å². The number of hydrogen-bond acceptors (Lipinski definition) is 6. The number of ether oxygens (including phenoxy) is 2. The Morgan fingerprint density at radius 2 is 2.04 bits per heavy atom. The van der Waals surface area contributed by atoms with Crippen molar-refractivity contribution in [3.05, 3.63) is 22.9 Å². The molecule has 0 aliphatic carbocycles. The first-order valence-corrected chi connectivity index (χ1v) is 10.1. The summed E-state index contributed by atoms with van der Waals surface area (Å²) in [6, 6.07) is 2.18. The Morgan fingerprint density at radius 1 is 1.32 bits per heavy atom. The Balaban J connectivity index is 1.86. The topological polar surface area (TPSA) is 66.9 Å². The lowest BCUT2D eigenvalue weighted by molar-refractivity contribution is -0.137. The number of rotatable bonds is 6. The Bertz CT molecular complexity index is 725. The lowest BCUT2D eigenvalue weighted by Gasteiger charge is -2.42. The van der Waals surface area contributed by atoms with Crippen LogP contribution in [-0.4, -0.2) is 89.9 Å². The number of pyridine rings is 1. The molecular formula is C18H31B3N4O3. The van der Waals surface area contributed by atoms with Gasteiger partial charge < -0.3 is 24.6 Å². The molecule has 1 aromatic rings. The van der Waals surface area contributed by atoms with Gasteiger partial charge in [-0.3, -0.25) is 4.79 Å². The van der Waals surface area contributed by atoms with Crippen molar-refractivity contribution in [3.8, 4) is 0 Å². The fraction of sp³-hybridized carbons (Fsp3) is 0.667. The number of carbonyl (C=O) groups excluding carboxylic acids is 1. The third kappa shape index (κ3) is 4.55. The van der Waals surface area contributed by atoms with E-state index in [2.05, 4.69) is 46.7 Å². The lowest BCUT2D eigenvalue weighted by atomic mass is 9.48. The van der Waals surface area contributed by atoms with Gasteiger partial charge in [0.15, 0.2) is 0 Å². The number of methoxy groups -OCH3 is 2. The number of aromatic nitrogens is 1. The largest absolute Gasteiger partial charge is 0.370 e. The molecule has 3 heterocycles. The monoisotopic (exact) mass is 384 g/mol. The van der Waals surface area contributed by atoms with E-state index in [1.165, 1.54) is 5.56 Å². The van der Waals surface area contributed by atoms with Crippen LogP contribution in [-0.2, 0) is 27.2 Å². The SMILES string of the molecule is BC(B)(B)N1CCN(Cc2cc3c(nc2C(OC)OC)NCC(C)C3)C(=O)C1. The molecule has 0 saturated carbocycles. The van der Waals surface area contributed by atoms with Crippen molar-refractivity contribution in [2.24, 2.45) is 5.92 Å². The maximum Gasteiger partial charge on any atom is 0.237 e. The maximum absolute atomic E-state index is 12.8. The average molecular weight is 384 g/mol. The summed E-state index contributed by atoms with van der Waals surface area (Å²) < 4.78 is 11.0. The van der Waals surface area contributed by atoms with E-state index in [0.717, 1.165) is 36.6 Å². The summed E-state index contributed by atoms with van der Waals surface area (Å²) in [6.45, 7) is 5.71. The molecule has 1 unspecified atom stereocenters. The van der Waals surface area contributed by atoms with Gasteiger partial charge in [0.25, 0.3) is 0 Å².